The lowest BCUT2D eigenvalue weighted by Crippen LogP contribution is -2.41. The summed E-state index contributed by atoms with van der Waals surface area (Å²) in [5.74, 6) is -1.99. The molecule has 1 aliphatic rings. The number of esters is 3. The van der Waals surface area contributed by atoms with E-state index in [1.165, 1.54) is 0 Å². The standard InChI is InChI=1S/C27H21NO7/c1-28-24-23(35-27(31)20-15-9-4-10-16-20)22(34-26(30)19-13-7-3-8-14-19)21(33-24)17-32-25(29)18-11-5-2-6-12-18/h2-16,21-24H,17H2/t21-,22-,23-,24-/m1/s1. The van der Waals surface area contributed by atoms with E-state index in [9.17, 15) is 14.4 Å². The van der Waals surface area contributed by atoms with Crippen molar-refractivity contribution in [3.63, 3.8) is 0 Å². The van der Waals surface area contributed by atoms with E-state index in [0.29, 0.717) is 5.56 Å². The van der Waals surface area contributed by atoms with Crippen molar-refractivity contribution in [1.29, 1.82) is 0 Å². The quantitative estimate of drug-likeness (QED) is 0.293. The van der Waals surface area contributed by atoms with Crippen molar-refractivity contribution < 1.29 is 33.3 Å². The molecule has 1 heterocycles. The van der Waals surface area contributed by atoms with Crippen molar-refractivity contribution in [2.24, 2.45) is 0 Å². The molecule has 0 radical (unpaired) electrons. The van der Waals surface area contributed by atoms with Crippen molar-refractivity contribution >= 4 is 17.9 Å². The van der Waals surface area contributed by atoms with Crippen molar-refractivity contribution in [3.05, 3.63) is 119 Å². The highest BCUT2D eigenvalue weighted by Gasteiger charge is 2.54. The topological polar surface area (TPSA) is 92.5 Å². The highest BCUT2D eigenvalue weighted by molar-refractivity contribution is 5.91. The fourth-order valence-corrected chi connectivity index (χ4v) is 3.56. The number of carbonyl (C=O) groups excluding carboxylic acids is 3. The molecule has 3 aromatic rings. The normalized spacial score (nSPS) is 20.9. The van der Waals surface area contributed by atoms with Crippen LogP contribution in [0.3, 0.4) is 0 Å². The molecular formula is C27H21NO7. The van der Waals surface area contributed by atoms with Gasteiger partial charge in [0.25, 0.3) is 0 Å². The van der Waals surface area contributed by atoms with E-state index >= 15 is 0 Å². The Morgan fingerprint density at radius 2 is 1.11 bits per heavy atom. The third kappa shape index (κ3) is 5.72. The molecule has 1 saturated heterocycles. The predicted molar refractivity (Wildman–Crippen MR) is 123 cm³/mol. The Balaban J connectivity index is 1.55. The SMILES string of the molecule is [C-]#[N+][C@@H]1O[C@H](COC(=O)c2ccccc2)[C@@H](OC(=O)c2ccccc2)[C@H]1OC(=O)c1ccccc1. The van der Waals surface area contributed by atoms with Gasteiger partial charge in [0, 0.05) is 0 Å². The number of carbonyl (C=O) groups is 3. The van der Waals surface area contributed by atoms with Crippen LogP contribution in [0, 0.1) is 6.57 Å². The largest absolute Gasteiger partial charge is 0.459 e. The zero-order chi connectivity index (χ0) is 24.6. The Morgan fingerprint density at radius 3 is 1.57 bits per heavy atom. The predicted octanol–water partition coefficient (Wildman–Crippen LogP) is 3.94. The highest BCUT2D eigenvalue weighted by atomic mass is 16.7. The number of hydrogen-bond acceptors (Lipinski definition) is 7. The van der Waals surface area contributed by atoms with E-state index in [4.69, 9.17) is 25.5 Å². The van der Waals surface area contributed by atoms with Crippen LogP contribution in [0.25, 0.3) is 4.85 Å². The maximum atomic E-state index is 12.8. The number of rotatable bonds is 7. The first kappa shape index (κ1) is 23.7. The molecule has 0 saturated carbocycles. The molecule has 1 fully saturated rings. The lowest BCUT2D eigenvalue weighted by molar-refractivity contribution is -0.0438. The van der Waals surface area contributed by atoms with Crippen molar-refractivity contribution in [3.8, 4) is 0 Å². The van der Waals surface area contributed by atoms with Crippen molar-refractivity contribution in [2.75, 3.05) is 6.61 Å². The minimum Gasteiger partial charge on any atom is -0.459 e. The monoisotopic (exact) mass is 471 g/mol. The van der Waals surface area contributed by atoms with Crippen molar-refractivity contribution in [1.82, 2.24) is 0 Å². The number of nitrogens with zero attached hydrogens (tertiary/aromatic N) is 1. The third-order valence-corrected chi connectivity index (χ3v) is 5.31. The lowest BCUT2D eigenvalue weighted by atomic mass is 10.1. The average Bonchev–Trinajstić information content (AvgIpc) is 3.24. The van der Waals surface area contributed by atoms with Gasteiger partial charge in [0.15, 0.2) is 6.10 Å². The van der Waals surface area contributed by atoms with E-state index in [0.717, 1.165) is 0 Å². The minimum atomic E-state index is -1.25. The smallest absolute Gasteiger partial charge is 0.369 e. The number of ether oxygens (including phenoxy) is 4. The molecule has 0 N–H and O–H groups in total. The first-order valence-electron chi connectivity index (χ1n) is 10.8. The fourth-order valence-electron chi connectivity index (χ4n) is 3.56. The molecule has 176 valence electrons. The minimum absolute atomic E-state index is 0.267. The van der Waals surface area contributed by atoms with Crippen LogP contribution in [0.4, 0.5) is 0 Å². The maximum Gasteiger partial charge on any atom is 0.369 e. The summed E-state index contributed by atoms with van der Waals surface area (Å²) < 4.78 is 22.3. The van der Waals surface area contributed by atoms with E-state index in [-0.39, 0.29) is 17.7 Å². The Morgan fingerprint density at radius 1 is 0.686 bits per heavy atom. The number of hydrogen-bond donors (Lipinski definition) is 0. The molecule has 0 aromatic heterocycles. The van der Waals surface area contributed by atoms with Crippen LogP contribution >= 0.6 is 0 Å². The van der Waals surface area contributed by atoms with Gasteiger partial charge in [0.05, 0.1) is 16.7 Å². The molecule has 35 heavy (non-hydrogen) atoms. The molecule has 0 aliphatic carbocycles. The van der Waals surface area contributed by atoms with Gasteiger partial charge in [0.1, 0.15) is 12.7 Å². The Bertz CT molecular complexity index is 1210. The molecule has 4 rings (SSSR count). The fraction of sp³-hybridized carbons (Fsp3) is 0.185. The van der Waals surface area contributed by atoms with Gasteiger partial charge < -0.3 is 14.2 Å². The molecule has 1 aliphatic heterocycles. The second kappa shape index (κ2) is 11.1. The van der Waals surface area contributed by atoms with Crippen LogP contribution in [-0.2, 0) is 18.9 Å². The summed E-state index contributed by atoms with van der Waals surface area (Å²) in [6.45, 7) is 7.20. The molecule has 3 aromatic carbocycles. The van der Waals surface area contributed by atoms with Gasteiger partial charge in [-0.2, -0.15) is 0 Å². The van der Waals surface area contributed by atoms with Gasteiger partial charge in [0.2, 0.25) is 6.10 Å². The summed E-state index contributed by atoms with van der Waals surface area (Å²) in [5, 5.41) is 0. The van der Waals surface area contributed by atoms with Crippen LogP contribution < -0.4 is 0 Å². The van der Waals surface area contributed by atoms with Gasteiger partial charge >= 0.3 is 24.1 Å². The summed E-state index contributed by atoms with van der Waals surface area (Å²) >= 11 is 0. The van der Waals surface area contributed by atoms with Gasteiger partial charge in [-0.3, -0.25) is 9.58 Å². The molecule has 8 nitrogen and oxygen atoms in total. The highest BCUT2D eigenvalue weighted by Crippen LogP contribution is 2.30. The first-order chi connectivity index (χ1) is 17.1. The Labute approximate surface area is 201 Å². The maximum absolute atomic E-state index is 12.8. The second-order valence-corrected chi connectivity index (χ2v) is 7.63. The summed E-state index contributed by atoms with van der Waals surface area (Å²) in [5.41, 5.74) is 0.868. The van der Waals surface area contributed by atoms with Gasteiger partial charge in [-0.05, 0) is 36.4 Å². The average molecular weight is 471 g/mol. The summed E-state index contributed by atoms with van der Waals surface area (Å²) in [6.07, 6.45) is -4.69. The van der Waals surface area contributed by atoms with Crippen molar-refractivity contribution in [2.45, 2.75) is 24.5 Å². The first-order valence-corrected chi connectivity index (χ1v) is 10.8. The zero-order valence-electron chi connectivity index (χ0n) is 18.5. The van der Waals surface area contributed by atoms with E-state index in [1.807, 2.05) is 0 Å². The van der Waals surface area contributed by atoms with E-state index < -0.39 is 42.4 Å². The summed E-state index contributed by atoms with van der Waals surface area (Å²) in [6, 6.07) is 24.8. The number of benzene rings is 3. The lowest BCUT2D eigenvalue weighted by Gasteiger charge is -2.22. The van der Waals surface area contributed by atoms with Crippen LogP contribution in [0.5, 0.6) is 0 Å². The third-order valence-electron chi connectivity index (χ3n) is 5.31. The molecule has 0 unspecified atom stereocenters. The molecule has 0 amide bonds. The molecule has 0 bridgehead atoms. The van der Waals surface area contributed by atoms with E-state index in [2.05, 4.69) is 4.85 Å². The molecule has 8 heteroatoms. The van der Waals surface area contributed by atoms with Gasteiger partial charge in [-0.25, -0.2) is 21.0 Å². The molecular weight excluding hydrogens is 450 g/mol. The van der Waals surface area contributed by atoms with Crippen LogP contribution in [0.2, 0.25) is 0 Å². The summed E-state index contributed by atoms with van der Waals surface area (Å²) in [7, 11) is 0. The molecule has 4 atom stereocenters. The van der Waals surface area contributed by atoms with Gasteiger partial charge in [-0.15, -0.1) is 0 Å². The summed E-state index contributed by atoms with van der Waals surface area (Å²) in [4.78, 5) is 41.3. The van der Waals surface area contributed by atoms with Crippen LogP contribution in [0.1, 0.15) is 31.1 Å². The second-order valence-electron chi connectivity index (χ2n) is 7.63. The van der Waals surface area contributed by atoms with Crippen LogP contribution in [0.15, 0.2) is 91.0 Å². The van der Waals surface area contributed by atoms with E-state index in [1.54, 1.807) is 91.0 Å². The van der Waals surface area contributed by atoms with Crippen LogP contribution in [-0.4, -0.2) is 49.1 Å². The molecule has 0 spiro atoms. The Hall–Kier alpha value is -4.48. The van der Waals surface area contributed by atoms with Gasteiger partial charge in [-0.1, -0.05) is 54.6 Å². The zero-order valence-corrected chi connectivity index (χ0v) is 18.5. The Kier molecular flexibility index (Phi) is 7.50.